The summed E-state index contributed by atoms with van der Waals surface area (Å²) in [6.45, 7) is 4.42. The van der Waals surface area contributed by atoms with Crippen molar-refractivity contribution < 1.29 is 0 Å². The molecule has 0 bridgehead atoms. The molecule has 1 aromatic carbocycles. The van der Waals surface area contributed by atoms with Crippen molar-refractivity contribution in [2.75, 3.05) is 0 Å². The Kier molecular flexibility index (Phi) is 3.77. The number of halogens is 1. The Hall–Kier alpha value is -0.670. The molecule has 1 aromatic heterocycles. The van der Waals surface area contributed by atoms with Gasteiger partial charge < -0.3 is 0 Å². The van der Waals surface area contributed by atoms with Gasteiger partial charge in [-0.05, 0) is 24.5 Å². The lowest BCUT2D eigenvalue weighted by atomic mass is 10.1. The molecule has 0 aliphatic carbocycles. The Morgan fingerprint density at radius 2 is 2.25 bits per heavy atom. The maximum atomic E-state index is 4.69. The van der Waals surface area contributed by atoms with E-state index in [9.17, 15) is 0 Å². The first-order valence-corrected chi connectivity index (χ1v) is 7.09. The van der Waals surface area contributed by atoms with Gasteiger partial charge in [0.25, 0.3) is 0 Å². The highest BCUT2D eigenvalue weighted by atomic mass is 79.9. The van der Waals surface area contributed by atoms with E-state index in [0.717, 1.165) is 15.9 Å². The first-order chi connectivity index (χ1) is 7.70. The van der Waals surface area contributed by atoms with Gasteiger partial charge >= 0.3 is 0 Å². The van der Waals surface area contributed by atoms with Crippen molar-refractivity contribution in [1.29, 1.82) is 0 Å². The van der Waals surface area contributed by atoms with Gasteiger partial charge in [-0.3, -0.25) is 0 Å². The Bertz CT molecular complexity index is 478. The molecule has 84 valence electrons. The summed E-state index contributed by atoms with van der Waals surface area (Å²) in [4.78, 5) is 4.69. The monoisotopic (exact) mass is 295 g/mol. The van der Waals surface area contributed by atoms with E-state index in [-0.39, 0.29) is 0 Å². The zero-order chi connectivity index (χ0) is 11.5. The van der Waals surface area contributed by atoms with Crippen LogP contribution in [0, 0.1) is 0 Å². The molecule has 2 aromatic rings. The van der Waals surface area contributed by atoms with Gasteiger partial charge in [-0.1, -0.05) is 41.9 Å². The van der Waals surface area contributed by atoms with Crippen LogP contribution >= 0.6 is 27.3 Å². The van der Waals surface area contributed by atoms with Crippen molar-refractivity contribution >= 4 is 27.3 Å². The molecular formula is C13H14BrNS. The first kappa shape index (κ1) is 11.8. The molecule has 1 unspecified atom stereocenters. The Morgan fingerprint density at radius 1 is 1.44 bits per heavy atom. The van der Waals surface area contributed by atoms with Crippen molar-refractivity contribution in [1.82, 2.24) is 4.98 Å². The number of hydrogen-bond acceptors (Lipinski definition) is 2. The van der Waals surface area contributed by atoms with Crippen molar-refractivity contribution in [3.8, 4) is 10.6 Å². The quantitative estimate of drug-likeness (QED) is 0.769. The average molecular weight is 296 g/mol. The molecule has 3 heteroatoms. The predicted octanol–water partition coefficient (Wildman–Crippen LogP) is 5.09. The second-order valence-electron chi connectivity index (χ2n) is 3.90. The second kappa shape index (κ2) is 5.11. The third-order valence-corrected chi connectivity index (χ3v) is 4.11. The van der Waals surface area contributed by atoms with Gasteiger partial charge in [-0.25, -0.2) is 4.98 Å². The van der Waals surface area contributed by atoms with Crippen LogP contribution in [0.2, 0.25) is 0 Å². The summed E-state index contributed by atoms with van der Waals surface area (Å²) < 4.78 is 1.10. The number of hydrogen-bond donors (Lipinski definition) is 0. The summed E-state index contributed by atoms with van der Waals surface area (Å²) in [5.41, 5.74) is 2.40. The maximum absolute atomic E-state index is 4.69. The summed E-state index contributed by atoms with van der Waals surface area (Å²) in [5.74, 6) is 0.553. The van der Waals surface area contributed by atoms with Crippen LogP contribution in [-0.4, -0.2) is 4.98 Å². The minimum atomic E-state index is 0.553. The highest BCUT2D eigenvalue weighted by Crippen LogP contribution is 2.29. The topological polar surface area (TPSA) is 12.9 Å². The van der Waals surface area contributed by atoms with Gasteiger partial charge in [-0.2, -0.15) is 0 Å². The van der Waals surface area contributed by atoms with Crippen molar-refractivity contribution in [2.45, 2.75) is 26.2 Å². The van der Waals surface area contributed by atoms with Crippen LogP contribution in [0.15, 0.2) is 34.1 Å². The van der Waals surface area contributed by atoms with Crippen molar-refractivity contribution in [3.05, 3.63) is 39.8 Å². The number of nitrogens with zero attached hydrogens (tertiary/aromatic N) is 1. The fraction of sp³-hybridized carbons (Fsp3) is 0.308. The maximum Gasteiger partial charge on any atom is 0.123 e. The molecule has 0 saturated carbocycles. The number of rotatable bonds is 3. The normalized spacial score (nSPS) is 12.7. The third kappa shape index (κ3) is 2.53. The molecule has 0 amide bonds. The minimum absolute atomic E-state index is 0.553. The number of thiazole rings is 1. The Balaban J connectivity index is 2.31. The predicted molar refractivity (Wildman–Crippen MR) is 74.0 cm³/mol. The molecule has 0 saturated heterocycles. The van der Waals surface area contributed by atoms with Gasteiger partial charge in [-0.15, -0.1) is 11.3 Å². The molecule has 2 rings (SSSR count). The van der Waals surface area contributed by atoms with Gasteiger partial charge in [0.05, 0.1) is 5.69 Å². The van der Waals surface area contributed by atoms with E-state index in [4.69, 9.17) is 4.98 Å². The van der Waals surface area contributed by atoms with Gasteiger partial charge in [0.1, 0.15) is 5.01 Å². The average Bonchev–Trinajstić information content (AvgIpc) is 2.77. The molecule has 0 fully saturated rings. The van der Waals surface area contributed by atoms with Gasteiger partial charge in [0.2, 0.25) is 0 Å². The van der Waals surface area contributed by atoms with Crippen LogP contribution in [0.25, 0.3) is 10.6 Å². The van der Waals surface area contributed by atoms with Crippen molar-refractivity contribution in [3.63, 3.8) is 0 Å². The molecule has 1 atom stereocenters. The summed E-state index contributed by atoms with van der Waals surface area (Å²) in [7, 11) is 0. The molecular weight excluding hydrogens is 282 g/mol. The SMILES string of the molecule is CCC(C)c1csc(-c2cccc(Br)c2)n1. The minimum Gasteiger partial charge on any atom is -0.241 e. The Labute approximate surface area is 109 Å². The fourth-order valence-electron chi connectivity index (χ4n) is 1.48. The van der Waals surface area contributed by atoms with Crippen molar-refractivity contribution in [2.24, 2.45) is 0 Å². The molecule has 0 N–H and O–H groups in total. The zero-order valence-corrected chi connectivity index (χ0v) is 11.8. The largest absolute Gasteiger partial charge is 0.241 e. The van der Waals surface area contributed by atoms with Crippen LogP contribution in [0.5, 0.6) is 0 Å². The smallest absolute Gasteiger partial charge is 0.123 e. The Morgan fingerprint density at radius 3 is 2.94 bits per heavy atom. The fourth-order valence-corrected chi connectivity index (χ4v) is 2.81. The molecule has 0 spiro atoms. The van der Waals surface area contributed by atoms with E-state index in [1.165, 1.54) is 11.3 Å². The lowest BCUT2D eigenvalue weighted by molar-refractivity contribution is 0.714. The van der Waals surface area contributed by atoms with Crippen LogP contribution in [0.1, 0.15) is 31.9 Å². The highest BCUT2D eigenvalue weighted by molar-refractivity contribution is 9.10. The molecule has 0 radical (unpaired) electrons. The second-order valence-corrected chi connectivity index (χ2v) is 5.67. The van der Waals surface area contributed by atoms with Gasteiger partial charge in [0, 0.05) is 15.4 Å². The van der Waals surface area contributed by atoms with E-state index in [0.29, 0.717) is 5.92 Å². The zero-order valence-electron chi connectivity index (χ0n) is 9.40. The summed E-state index contributed by atoms with van der Waals surface area (Å²) in [6, 6.07) is 8.29. The third-order valence-electron chi connectivity index (χ3n) is 2.71. The number of benzene rings is 1. The van der Waals surface area contributed by atoms with E-state index in [1.807, 2.05) is 12.1 Å². The van der Waals surface area contributed by atoms with Gasteiger partial charge in [0.15, 0.2) is 0 Å². The first-order valence-electron chi connectivity index (χ1n) is 5.42. The van der Waals surface area contributed by atoms with Crippen LogP contribution in [0.3, 0.4) is 0 Å². The van der Waals surface area contributed by atoms with E-state index in [2.05, 4.69) is 47.3 Å². The molecule has 16 heavy (non-hydrogen) atoms. The summed E-state index contributed by atoms with van der Waals surface area (Å²) in [5, 5.41) is 3.28. The van der Waals surface area contributed by atoms with Crippen LogP contribution < -0.4 is 0 Å². The van der Waals surface area contributed by atoms with E-state index in [1.54, 1.807) is 11.3 Å². The highest BCUT2D eigenvalue weighted by Gasteiger charge is 2.09. The van der Waals surface area contributed by atoms with Crippen LogP contribution in [0.4, 0.5) is 0 Å². The molecule has 0 aliphatic heterocycles. The lowest BCUT2D eigenvalue weighted by Gasteiger charge is -2.02. The lowest BCUT2D eigenvalue weighted by Crippen LogP contribution is -1.90. The molecule has 1 heterocycles. The summed E-state index contributed by atoms with van der Waals surface area (Å²) >= 11 is 5.21. The summed E-state index contributed by atoms with van der Waals surface area (Å²) in [6.07, 6.45) is 1.14. The van der Waals surface area contributed by atoms with Crippen LogP contribution in [-0.2, 0) is 0 Å². The number of aromatic nitrogens is 1. The van der Waals surface area contributed by atoms with E-state index < -0.39 is 0 Å². The van der Waals surface area contributed by atoms with E-state index >= 15 is 0 Å². The standard InChI is InChI=1S/C13H14BrNS/c1-3-9(2)12-8-16-13(15-12)10-5-4-6-11(14)7-10/h4-9H,3H2,1-2H3. The molecule has 1 nitrogen and oxygen atoms in total. The molecule has 0 aliphatic rings.